The van der Waals surface area contributed by atoms with Crippen molar-refractivity contribution in [3.05, 3.63) is 0 Å². The molecule has 2 nitrogen and oxygen atoms in total. The predicted octanol–water partition coefficient (Wildman–Crippen LogP) is 2.11. The van der Waals surface area contributed by atoms with Crippen LogP contribution in [0, 0.1) is 5.41 Å². The topological polar surface area (TPSA) is 27.1 Å². The summed E-state index contributed by atoms with van der Waals surface area (Å²) in [5.74, 6) is 0.744. The summed E-state index contributed by atoms with van der Waals surface area (Å²) in [6.07, 6.45) is 3.25. The fraction of sp³-hybridized carbons (Fsp3) is 0.875. The van der Waals surface area contributed by atoms with Gasteiger partial charge in [0.15, 0.2) is 0 Å². The Hall–Kier alpha value is -0.530. The zero-order valence-corrected chi connectivity index (χ0v) is 7.28. The van der Waals surface area contributed by atoms with Crippen LogP contribution in [0.2, 0.25) is 0 Å². The Balaban J connectivity index is 3.41. The number of unbranched alkanes of at least 4 members (excludes halogenated alkanes) is 1. The SMILES string of the molecule is CCCCN(C)C(=N)CC. The van der Waals surface area contributed by atoms with Gasteiger partial charge in [0.05, 0.1) is 5.84 Å². The molecule has 0 aromatic heterocycles. The maximum atomic E-state index is 7.45. The molecule has 0 aliphatic heterocycles. The highest BCUT2D eigenvalue weighted by atomic mass is 15.1. The minimum Gasteiger partial charge on any atom is -0.364 e. The minimum atomic E-state index is 0.744. The summed E-state index contributed by atoms with van der Waals surface area (Å²) in [7, 11) is 1.99. The number of hydrogen-bond acceptors (Lipinski definition) is 1. The van der Waals surface area contributed by atoms with Crippen molar-refractivity contribution in [2.75, 3.05) is 13.6 Å². The van der Waals surface area contributed by atoms with E-state index in [9.17, 15) is 0 Å². The lowest BCUT2D eigenvalue weighted by Gasteiger charge is -2.17. The van der Waals surface area contributed by atoms with Crippen molar-refractivity contribution in [3.63, 3.8) is 0 Å². The number of rotatable bonds is 4. The van der Waals surface area contributed by atoms with E-state index < -0.39 is 0 Å². The third-order valence-electron chi connectivity index (χ3n) is 1.64. The Labute approximate surface area is 63.7 Å². The molecule has 0 rings (SSSR count). The first-order chi connectivity index (χ1) is 4.72. The van der Waals surface area contributed by atoms with E-state index in [1.807, 2.05) is 18.9 Å². The first-order valence-corrected chi connectivity index (χ1v) is 4.00. The molecule has 2 heteroatoms. The summed E-state index contributed by atoms with van der Waals surface area (Å²) in [5.41, 5.74) is 0. The lowest BCUT2D eigenvalue weighted by atomic mass is 10.3. The summed E-state index contributed by atoms with van der Waals surface area (Å²) in [6.45, 7) is 5.22. The molecule has 0 saturated carbocycles. The number of hydrogen-bond donors (Lipinski definition) is 1. The largest absolute Gasteiger partial charge is 0.364 e. The Morgan fingerprint density at radius 3 is 2.40 bits per heavy atom. The summed E-state index contributed by atoms with van der Waals surface area (Å²) in [4.78, 5) is 2.02. The van der Waals surface area contributed by atoms with Gasteiger partial charge in [0.1, 0.15) is 0 Å². The van der Waals surface area contributed by atoms with Crippen LogP contribution in [0.4, 0.5) is 0 Å². The monoisotopic (exact) mass is 142 g/mol. The average Bonchev–Trinajstić information content (AvgIpc) is 1.98. The van der Waals surface area contributed by atoms with Gasteiger partial charge >= 0.3 is 0 Å². The van der Waals surface area contributed by atoms with Gasteiger partial charge in [-0.2, -0.15) is 0 Å². The maximum Gasteiger partial charge on any atom is 0.0952 e. The van der Waals surface area contributed by atoms with Gasteiger partial charge < -0.3 is 4.90 Å². The van der Waals surface area contributed by atoms with E-state index in [-0.39, 0.29) is 0 Å². The number of amidine groups is 1. The molecule has 0 spiro atoms. The Morgan fingerprint density at radius 1 is 1.40 bits per heavy atom. The van der Waals surface area contributed by atoms with Gasteiger partial charge in [0, 0.05) is 20.0 Å². The molecule has 0 aliphatic carbocycles. The van der Waals surface area contributed by atoms with Crippen LogP contribution in [0.5, 0.6) is 0 Å². The molecule has 1 N–H and O–H groups in total. The third-order valence-corrected chi connectivity index (χ3v) is 1.64. The minimum absolute atomic E-state index is 0.744. The zero-order valence-electron chi connectivity index (χ0n) is 7.28. The van der Waals surface area contributed by atoms with Crippen molar-refractivity contribution in [2.45, 2.75) is 33.1 Å². The molecule has 0 aliphatic rings. The van der Waals surface area contributed by atoms with E-state index in [2.05, 4.69) is 6.92 Å². The van der Waals surface area contributed by atoms with E-state index in [0.29, 0.717) is 0 Å². The molecular weight excluding hydrogens is 124 g/mol. The van der Waals surface area contributed by atoms with Crippen LogP contribution in [0.15, 0.2) is 0 Å². The van der Waals surface area contributed by atoms with Crippen LogP contribution in [0.3, 0.4) is 0 Å². The first kappa shape index (κ1) is 9.47. The lowest BCUT2D eigenvalue weighted by Crippen LogP contribution is -2.25. The molecule has 0 heterocycles. The van der Waals surface area contributed by atoms with Crippen molar-refractivity contribution in [2.24, 2.45) is 0 Å². The van der Waals surface area contributed by atoms with Crippen molar-refractivity contribution < 1.29 is 0 Å². The molecule has 0 saturated heterocycles. The second kappa shape index (κ2) is 5.27. The second-order valence-corrected chi connectivity index (χ2v) is 2.58. The standard InChI is InChI=1S/C8H18N2/c1-4-6-7-10(3)8(9)5-2/h9H,4-7H2,1-3H3. The summed E-state index contributed by atoms with van der Waals surface area (Å²) in [5, 5.41) is 7.45. The fourth-order valence-electron chi connectivity index (χ4n) is 0.800. The van der Waals surface area contributed by atoms with Crippen molar-refractivity contribution in [1.82, 2.24) is 4.90 Å². The van der Waals surface area contributed by atoms with Crippen LogP contribution in [0.25, 0.3) is 0 Å². The van der Waals surface area contributed by atoms with Crippen LogP contribution in [-0.4, -0.2) is 24.3 Å². The van der Waals surface area contributed by atoms with Crippen molar-refractivity contribution >= 4 is 5.84 Å². The molecule has 0 aromatic carbocycles. The summed E-state index contributed by atoms with van der Waals surface area (Å²) < 4.78 is 0. The van der Waals surface area contributed by atoms with Crippen LogP contribution < -0.4 is 0 Å². The molecule has 0 atom stereocenters. The van der Waals surface area contributed by atoms with Gasteiger partial charge in [-0.1, -0.05) is 20.3 Å². The van der Waals surface area contributed by atoms with Gasteiger partial charge in [-0.25, -0.2) is 0 Å². The Bertz CT molecular complexity index is 99.4. The van der Waals surface area contributed by atoms with E-state index >= 15 is 0 Å². The third kappa shape index (κ3) is 3.49. The van der Waals surface area contributed by atoms with E-state index in [1.165, 1.54) is 12.8 Å². The van der Waals surface area contributed by atoms with Crippen molar-refractivity contribution in [3.8, 4) is 0 Å². The molecule has 0 amide bonds. The van der Waals surface area contributed by atoms with E-state index in [1.54, 1.807) is 0 Å². The van der Waals surface area contributed by atoms with E-state index in [0.717, 1.165) is 18.8 Å². The smallest absolute Gasteiger partial charge is 0.0952 e. The fourth-order valence-corrected chi connectivity index (χ4v) is 0.800. The number of nitrogens with one attached hydrogen (secondary N) is 1. The Kier molecular flexibility index (Phi) is 4.99. The zero-order chi connectivity index (χ0) is 7.98. The normalized spacial score (nSPS) is 9.50. The molecule has 0 fully saturated rings. The molecule has 10 heavy (non-hydrogen) atoms. The predicted molar refractivity (Wildman–Crippen MR) is 45.6 cm³/mol. The van der Waals surface area contributed by atoms with Gasteiger partial charge in [0.25, 0.3) is 0 Å². The highest BCUT2D eigenvalue weighted by Gasteiger charge is 1.98. The average molecular weight is 142 g/mol. The summed E-state index contributed by atoms with van der Waals surface area (Å²) in [6, 6.07) is 0. The molecule has 0 unspecified atom stereocenters. The van der Waals surface area contributed by atoms with Crippen molar-refractivity contribution in [1.29, 1.82) is 5.41 Å². The van der Waals surface area contributed by atoms with Gasteiger partial charge in [-0.05, 0) is 6.42 Å². The van der Waals surface area contributed by atoms with Crippen LogP contribution in [0.1, 0.15) is 33.1 Å². The number of nitrogens with zero attached hydrogens (tertiary/aromatic N) is 1. The van der Waals surface area contributed by atoms with Crippen LogP contribution >= 0.6 is 0 Å². The van der Waals surface area contributed by atoms with E-state index in [4.69, 9.17) is 5.41 Å². The quantitative estimate of drug-likeness (QED) is 0.472. The molecule has 60 valence electrons. The molecule has 0 radical (unpaired) electrons. The van der Waals surface area contributed by atoms with Gasteiger partial charge in [-0.3, -0.25) is 5.41 Å². The van der Waals surface area contributed by atoms with Gasteiger partial charge in [0.2, 0.25) is 0 Å². The lowest BCUT2D eigenvalue weighted by molar-refractivity contribution is 0.473. The summed E-state index contributed by atoms with van der Waals surface area (Å²) >= 11 is 0. The van der Waals surface area contributed by atoms with Gasteiger partial charge in [-0.15, -0.1) is 0 Å². The highest BCUT2D eigenvalue weighted by molar-refractivity contribution is 5.78. The maximum absolute atomic E-state index is 7.45. The molecular formula is C8H18N2. The van der Waals surface area contributed by atoms with Crippen LogP contribution in [-0.2, 0) is 0 Å². The molecule has 0 aromatic rings. The highest BCUT2D eigenvalue weighted by Crippen LogP contribution is 1.94. The molecule has 0 bridgehead atoms. The first-order valence-electron chi connectivity index (χ1n) is 4.00. The Morgan fingerprint density at radius 2 is 2.00 bits per heavy atom. The second-order valence-electron chi connectivity index (χ2n) is 2.58.